The first-order valence-electron chi connectivity index (χ1n) is 7.73. The van der Waals surface area contributed by atoms with Gasteiger partial charge in [0.2, 0.25) is 0 Å². The molecule has 1 aromatic carbocycles. The topological polar surface area (TPSA) is 100 Å². The third kappa shape index (κ3) is 4.10. The second kappa shape index (κ2) is 7.56. The first-order valence-corrected chi connectivity index (χ1v) is 7.73. The summed E-state index contributed by atoms with van der Waals surface area (Å²) >= 11 is 0. The van der Waals surface area contributed by atoms with Gasteiger partial charge in [0, 0.05) is 12.4 Å². The van der Waals surface area contributed by atoms with Gasteiger partial charge in [-0.25, -0.2) is 9.07 Å². The fourth-order valence-electron chi connectivity index (χ4n) is 2.32. The third-order valence-electron chi connectivity index (χ3n) is 3.59. The summed E-state index contributed by atoms with van der Waals surface area (Å²) in [5, 5.41) is 4.25. The Bertz CT molecular complexity index is 938. The number of aromatic nitrogens is 3. The van der Waals surface area contributed by atoms with Crippen molar-refractivity contribution in [2.24, 2.45) is 5.73 Å². The minimum atomic E-state index is -0.637. The molecule has 132 valence electrons. The first kappa shape index (κ1) is 17.3. The number of hydrogen-bond donors (Lipinski definition) is 1. The number of carbonyl (C=O) groups excluding carboxylic acids is 2. The van der Waals surface area contributed by atoms with Crippen LogP contribution in [0, 0.1) is 5.82 Å². The number of nitrogens with zero attached hydrogens (tertiary/aromatic N) is 3. The average Bonchev–Trinajstić information content (AvgIpc) is 3.09. The number of nitrogens with two attached hydrogens (primary N) is 1. The standard InChI is InChI=1S/C18H15FN4O3/c19-12-3-5-14(6-4-12)23-9-7-13(22-23)10-17(24)26-11-16-15(18(20)25)2-1-8-21-16/h1-9H,10-11H2,(H2,20,25). The predicted molar refractivity (Wildman–Crippen MR) is 89.8 cm³/mol. The van der Waals surface area contributed by atoms with Gasteiger partial charge in [-0.2, -0.15) is 5.10 Å². The Hall–Kier alpha value is -3.55. The molecule has 3 rings (SSSR count). The van der Waals surface area contributed by atoms with E-state index < -0.39 is 11.9 Å². The summed E-state index contributed by atoms with van der Waals surface area (Å²) in [4.78, 5) is 27.3. The molecular weight excluding hydrogens is 339 g/mol. The van der Waals surface area contributed by atoms with Gasteiger partial charge in [-0.05, 0) is 42.5 Å². The Morgan fingerprint density at radius 3 is 2.65 bits per heavy atom. The van der Waals surface area contributed by atoms with Crippen LogP contribution in [0.4, 0.5) is 4.39 Å². The first-order chi connectivity index (χ1) is 12.5. The molecule has 3 aromatic rings. The average molecular weight is 354 g/mol. The van der Waals surface area contributed by atoms with Crippen LogP contribution in [0.5, 0.6) is 0 Å². The van der Waals surface area contributed by atoms with E-state index in [1.165, 1.54) is 29.1 Å². The van der Waals surface area contributed by atoms with Crippen molar-refractivity contribution < 1.29 is 18.7 Å². The molecule has 0 aliphatic heterocycles. The number of amides is 1. The molecule has 0 saturated carbocycles. The Morgan fingerprint density at radius 2 is 1.92 bits per heavy atom. The zero-order valence-electron chi connectivity index (χ0n) is 13.6. The molecule has 0 bridgehead atoms. The lowest BCUT2D eigenvalue weighted by Crippen LogP contribution is -2.16. The summed E-state index contributed by atoms with van der Waals surface area (Å²) in [6, 6.07) is 10.6. The van der Waals surface area contributed by atoms with Crippen LogP contribution in [0.1, 0.15) is 21.7 Å². The second-order valence-electron chi connectivity index (χ2n) is 5.43. The van der Waals surface area contributed by atoms with Crippen LogP contribution in [-0.4, -0.2) is 26.6 Å². The lowest BCUT2D eigenvalue weighted by Gasteiger charge is -2.06. The van der Waals surface area contributed by atoms with Crippen molar-refractivity contribution >= 4 is 11.9 Å². The highest BCUT2D eigenvalue weighted by atomic mass is 19.1. The minimum Gasteiger partial charge on any atom is -0.459 e. The summed E-state index contributed by atoms with van der Waals surface area (Å²) in [6.07, 6.45) is 3.10. The predicted octanol–water partition coefficient (Wildman–Crippen LogP) is 1.79. The van der Waals surface area contributed by atoms with Crippen molar-refractivity contribution in [2.75, 3.05) is 0 Å². The van der Waals surface area contributed by atoms with E-state index in [4.69, 9.17) is 10.5 Å². The molecule has 26 heavy (non-hydrogen) atoms. The van der Waals surface area contributed by atoms with Crippen molar-refractivity contribution in [1.29, 1.82) is 0 Å². The number of halogens is 1. The Morgan fingerprint density at radius 1 is 1.15 bits per heavy atom. The van der Waals surface area contributed by atoms with E-state index in [0.29, 0.717) is 17.1 Å². The molecule has 0 unspecified atom stereocenters. The van der Waals surface area contributed by atoms with Gasteiger partial charge in [0.15, 0.2) is 0 Å². The van der Waals surface area contributed by atoms with E-state index in [1.807, 2.05) is 0 Å². The maximum Gasteiger partial charge on any atom is 0.312 e. The maximum atomic E-state index is 13.0. The molecule has 2 aromatic heterocycles. The molecule has 0 fully saturated rings. The number of hydrogen-bond acceptors (Lipinski definition) is 5. The SMILES string of the molecule is NC(=O)c1cccnc1COC(=O)Cc1ccn(-c2ccc(F)cc2)n1. The molecule has 0 atom stereocenters. The van der Waals surface area contributed by atoms with Gasteiger partial charge in [0.05, 0.1) is 29.1 Å². The molecule has 0 aliphatic carbocycles. The monoisotopic (exact) mass is 354 g/mol. The molecule has 0 radical (unpaired) electrons. The van der Waals surface area contributed by atoms with Gasteiger partial charge < -0.3 is 10.5 Å². The highest BCUT2D eigenvalue weighted by Crippen LogP contribution is 2.10. The summed E-state index contributed by atoms with van der Waals surface area (Å²) in [5.41, 5.74) is 6.93. The van der Waals surface area contributed by atoms with Crippen LogP contribution in [0.2, 0.25) is 0 Å². The van der Waals surface area contributed by atoms with E-state index in [2.05, 4.69) is 10.1 Å². The van der Waals surface area contributed by atoms with E-state index in [0.717, 1.165) is 0 Å². The maximum absolute atomic E-state index is 13.0. The molecule has 0 saturated heterocycles. The zero-order valence-corrected chi connectivity index (χ0v) is 13.6. The van der Waals surface area contributed by atoms with Gasteiger partial charge in [-0.15, -0.1) is 0 Å². The largest absolute Gasteiger partial charge is 0.459 e. The number of primary amides is 1. The van der Waals surface area contributed by atoms with Crippen LogP contribution >= 0.6 is 0 Å². The summed E-state index contributed by atoms with van der Waals surface area (Å²) in [5.74, 6) is -1.49. The highest BCUT2D eigenvalue weighted by Gasteiger charge is 2.13. The van der Waals surface area contributed by atoms with Crippen molar-refractivity contribution in [2.45, 2.75) is 13.0 Å². The van der Waals surface area contributed by atoms with Crippen molar-refractivity contribution in [3.8, 4) is 5.69 Å². The van der Waals surface area contributed by atoms with Gasteiger partial charge in [-0.3, -0.25) is 14.6 Å². The molecule has 2 heterocycles. The number of rotatable bonds is 6. The molecule has 0 aliphatic rings. The molecule has 2 N–H and O–H groups in total. The second-order valence-corrected chi connectivity index (χ2v) is 5.43. The van der Waals surface area contributed by atoms with Crippen molar-refractivity contribution in [3.05, 3.63) is 77.6 Å². The van der Waals surface area contributed by atoms with Crippen LogP contribution in [-0.2, 0) is 22.6 Å². The number of carbonyl (C=O) groups is 2. The number of pyridine rings is 1. The molecular formula is C18H15FN4O3. The van der Waals surface area contributed by atoms with Crippen molar-refractivity contribution in [3.63, 3.8) is 0 Å². The normalized spacial score (nSPS) is 10.5. The molecule has 0 spiro atoms. The molecule has 8 heteroatoms. The lowest BCUT2D eigenvalue weighted by molar-refractivity contribution is -0.144. The Labute approximate surface area is 148 Å². The van der Waals surface area contributed by atoms with E-state index >= 15 is 0 Å². The highest BCUT2D eigenvalue weighted by molar-refractivity contribution is 5.93. The minimum absolute atomic E-state index is 0.0487. The smallest absolute Gasteiger partial charge is 0.312 e. The quantitative estimate of drug-likeness (QED) is 0.680. The summed E-state index contributed by atoms with van der Waals surface area (Å²) in [6.45, 7) is -0.156. The van der Waals surface area contributed by atoms with Gasteiger partial charge >= 0.3 is 5.97 Å². The summed E-state index contributed by atoms with van der Waals surface area (Å²) < 4.78 is 19.6. The van der Waals surface area contributed by atoms with Crippen molar-refractivity contribution in [1.82, 2.24) is 14.8 Å². The van der Waals surface area contributed by atoms with Crippen LogP contribution < -0.4 is 5.73 Å². The van der Waals surface area contributed by atoms with Gasteiger partial charge in [0.1, 0.15) is 12.4 Å². The third-order valence-corrected chi connectivity index (χ3v) is 3.59. The molecule has 7 nitrogen and oxygen atoms in total. The Balaban J connectivity index is 1.61. The molecule has 1 amide bonds. The fraction of sp³-hybridized carbons (Fsp3) is 0.111. The lowest BCUT2D eigenvalue weighted by atomic mass is 10.2. The van der Waals surface area contributed by atoms with Crippen LogP contribution in [0.25, 0.3) is 5.69 Å². The van der Waals surface area contributed by atoms with Gasteiger partial charge in [0.25, 0.3) is 5.91 Å². The van der Waals surface area contributed by atoms with Crippen LogP contribution in [0.15, 0.2) is 54.9 Å². The number of benzene rings is 1. The number of esters is 1. The van der Waals surface area contributed by atoms with E-state index in [1.54, 1.807) is 30.5 Å². The Kier molecular flexibility index (Phi) is 5.02. The van der Waals surface area contributed by atoms with E-state index in [9.17, 15) is 14.0 Å². The fourth-order valence-corrected chi connectivity index (χ4v) is 2.32. The van der Waals surface area contributed by atoms with E-state index in [-0.39, 0.29) is 24.4 Å². The number of ether oxygens (including phenoxy) is 1. The van der Waals surface area contributed by atoms with Crippen LogP contribution in [0.3, 0.4) is 0 Å². The van der Waals surface area contributed by atoms with Gasteiger partial charge in [-0.1, -0.05) is 0 Å². The zero-order chi connectivity index (χ0) is 18.5. The summed E-state index contributed by atoms with van der Waals surface area (Å²) in [7, 11) is 0.